The summed E-state index contributed by atoms with van der Waals surface area (Å²) in [6.07, 6.45) is 11.2. The molecule has 0 aliphatic heterocycles. The highest BCUT2D eigenvalue weighted by Gasteiger charge is 2.23. The number of fused-ring (bicyclic) bond motifs is 2. The zero-order valence-corrected chi connectivity index (χ0v) is 21.5. The van der Waals surface area contributed by atoms with Crippen molar-refractivity contribution in [3.8, 4) is 11.1 Å². The van der Waals surface area contributed by atoms with E-state index in [4.69, 9.17) is 10.7 Å². The lowest BCUT2D eigenvalue weighted by atomic mass is 9.96. The third-order valence-electron chi connectivity index (χ3n) is 6.59. The molecule has 1 atom stereocenters. The van der Waals surface area contributed by atoms with E-state index in [0.717, 1.165) is 38.9 Å². The van der Waals surface area contributed by atoms with Gasteiger partial charge in [0, 0.05) is 42.2 Å². The molecule has 2 aromatic carbocycles. The van der Waals surface area contributed by atoms with Gasteiger partial charge >= 0.3 is 0 Å². The molecule has 4 aromatic heterocycles. The average Bonchev–Trinajstić information content (AvgIpc) is 3.52. The molecule has 0 spiro atoms. The molecule has 9 nitrogen and oxygen atoms in total. The molecule has 6 aromatic rings. The standard InChI is InChI=1S/C30H26N8O/c1-19(34-30(39)26-28(31)36-38-15-7-14-32-29(26)38)27-24(21-8-4-3-5-9-21)16-23-22(10-6-11-25(23)35-27)13-12-20-17-33-37(2)18-20/h3-19H,1-2H3,(H2,31,36)(H,34,39)/b13-12-/t19-/m0/s1. The minimum Gasteiger partial charge on any atom is -0.381 e. The van der Waals surface area contributed by atoms with E-state index >= 15 is 0 Å². The molecular formula is C30H26N8O. The maximum Gasteiger partial charge on any atom is 0.259 e. The van der Waals surface area contributed by atoms with Crippen molar-refractivity contribution in [3.05, 3.63) is 108 Å². The van der Waals surface area contributed by atoms with E-state index in [0.29, 0.717) is 5.65 Å². The topological polar surface area (TPSA) is 116 Å². The fourth-order valence-electron chi connectivity index (χ4n) is 4.73. The van der Waals surface area contributed by atoms with E-state index in [-0.39, 0.29) is 17.3 Å². The number of hydrogen-bond donors (Lipinski definition) is 2. The predicted octanol–water partition coefficient (Wildman–Crippen LogP) is 4.92. The lowest BCUT2D eigenvalue weighted by molar-refractivity contribution is 0.0941. The van der Waals surface area contributed by atoms with Crippen molar-refractivity contribution in [2.24, 2.45) is 7.05 Å². The van der Waals surface area contributed by atoms with Gasteiger partial charge in [0.15, 0.2) is 11.5 Å². The minimum atomic E-state index is -0.426. The van der Waals surface area contributed by atoms with E-state index in [1.54, 1.807) is 23.1 Å². The third-order valence-corrected chi connectivity index (χ3v) is 6.59. The van der Waals surface area contributed by atoms with Crippen LogP contribution in [0.4, 0.5) is 5.82 Å². The smallest absolute Gasteiger partial charge is 0.259 e. The van der Waals surface area contributed by atoms with E-state index in [9.17, 15) is 4.79 Å². The second kappa shape index (κ2) is 9.86. The van der Waals surface area contributed by atoms with Crippen molar-refractivity contribution in [2.45, 2.75) is 13.0 Å². The van der Waals surface area contributed by atoms with Gasteiger partial charge in [-0.05, 0) is 36.2 Å². The Labute approximate surface area is 224 Å². The number of rotatable bonds is 6. The second-order valence-electron chi connectivity index (χ2n) is 9.33. The summed E-state index contributed by atoms with van der Waals surface area (Å²) < 4.78 is 3.27. The van der Waals surface area contributed by atoms with Crippen molar-refractivity contribution in [1.82, 2.24) is 34.7 Å². The number of aromatic nitrogens is 6. The first-order chi connectivity index (χ1) is 19.0. The van der Waals surface area contributed by atoms with Crippen LogP contribution in [0.2, 0.25) is 0 Å². The number of pyridine rings is 1. The Morgan fingerprint density at radius 2 is 1.92 bits per heavy atom. The Balaban J connectivity index is 1.42. The largest absolute Gasteiger partial charge is 0.381 e. The number of carbonyl (C=O) groups is 1. The molecule has 1 amide bonds. The lowest BCUT2D eigenvalue weighted by Gasteiger charge is -2.19. The second-order valence-corrected chi connectivity index (χ2v) is 9.33. The van der Waals surface area contributed by atoms with Crippen LogP contribution in [0, 0.1) is 0 Å². The third kappa shape index (κ3) is 4.61. The normalized spacial score (nSPS) is 12.4. The number of nitrogen functional groups attached to an aromatic ring is 1. The van der Waals surface area contributed by atoms with Gasteiger partial charge in [-0.25, -0.2) is 14.5 Å². The number of nitrogens with two attached hydrogens (primary N) is 1. The van der Waals surface area contributed by atoms with Crippen LogP contribution in [-0.2, 0) is 7.05 Å². The van der Waals surface area contributed by atoms with E-state index < -0.39 is 6.04 Å². The summed E-state index contributed by atoms with van der Waals surface area (Å²) in [5.74, 6) is -0.235. The summed E-state index contributed by atoms with van der Waals surface area (Å²) in [5.41, 5.74) is 12.3. The lowest BCUT2D eigenvalue weighted by Crippen LogP contribution is -2.28. The molecule has 6 rings (SSSR count). The Hall–Kier alpha value is -5.31. The number of nitrogens with zero attached hydrogens (tertiary/aromatic N) is 6. The highest BCUT2D eigenvalue weighted by atomic mass is 16.1. The SMILES string of the molecule is C[C@H](NC(=O)c1c(N)nn2cccnc12)c1nc2cccc(/C=C\c3cnn(C)c3)c2cc1-c1ccccc1. The van der Waals surface area contributed by atoms with Gasteiger partial charge in [-0.15, -0.1) is 5.10 Å². The summed E-state index contributed by atoms with van der Waals surface area (Å²) in [4.78, 5) is 22.7. The Morgan fingerprint density at radius 3 is 2.72 bits per heavy atom. The number of amides is 1. The van der Waals surface area contributed by atoms with Gasteiger partial charge in [-0.2, -0.15) is 5.10 Å². The summed E-state index contributed by atoms with van der Waals surface area (Å²) >= 11 is 0. The summed E-state index contributed by atoms with van der Waals surface area (Å²) in [6.45, 7) is 1.92. The van der Waals surface area contributed by atoms with Crippen LogP contribution in [0.25, 0.3) is 39.8 Å². The minimum absolute atomic E-state index is 0.123. The summed E-state index contributed by atoms with van der Waals surface area (Å²) in [7, 11) is 1.90. The zero-order valence-electron chi connectivity index (χ0n) is 21.5. The van der Waals surface area contributed by atoms with Gasteiger partial charge < -0.3 is 11.1 Å². The molecule has 0 fully saturated rings. The quantitative estimate of drug-likeness (QED) is 0.326. The van der Waals surface area contributed by atoms with Crippen molar-refractivity contribution in [2.75, 3.05) is 5.73 Å². The predicted molar refractivity (Wildman–Crippen MR) is 153 cm³/mol. The summed E-state index contributed by atoms with van der Waals surface area (Å²) in [5, 5.41) is 12.5. The molecule has 0 bridgehead atoms. The molecule has 0 saturated heterocycles. The Kier molecular flexibility index (Phi) is 6.08. The van der Waals surface area contributed by atoms with Crippen LogP contribution in [-0.4, -0.2) is 35.3 Å². The molecule has 0 unspecified atom stereocenters. The van der Waals surface area contributed by atoms with Crippen LogP contribution < -0.4 is 11.1 Å². The fourth-order valence-corrected chi connectivity index (χ4v) is 4.73. The first kappa shape index (κ1) is 24.1. The molecule has 0 radical (unpaired) electrons. The molecule has 39 heavy (non-hydrogen) atoms. The maximum absolute atomic E-state index is 13.4. The van der Waals surface area contributed by atoms with Gasteiger partial charge in [0.05, 0.1) is 23.4 Å². The molecule has 9 heteroatoms. The number of carbonyl (C=O) groups excluding carboxylic acids is 1. The number of benzene rings is 2. The van der Waals surface area contributed by atoms with Crippen molar-refractivity contribution in [3.63, 3.8) is 0 Å². The molecule has 4 heterocycles. The van der Waals surface area contributed by atoms with E-state index in [1.165, 1.54) is 4.52 Å². The highest BCUT2D eigenvalue weighted by molar-refractivity contribution is 6.04. The molecule has 0 saturated carbocycles. The number of anilines is 1. The first-order valence-electron chi connectivity index (χ1n) is 12.5. The van der Waals surface area contributed by atoms with Gasteiger partial charge in [0.1, 0.15) is 5.56 Å². The van der Waals surface area contributed by atoms with Crippen LogP contribution in [0.1, 0.15) is 40.1 Å². The molecule has 0 aliphatic rings. The molecule has 192 valence electrons. The van der Waals surface area contributed by atoms with Gasteiger partial charge in [0.2, 0.25) is 0 Å². The monoisotopic (exact) mass is 514 g/mol. The number of aryl methyl sites for hydroxylation is 1. The van der Waals surface area contributed by atoms with Gasteiger partial charge in [-0.3, -0.25) is 9.48 Å². The average molecular weight is 515 g/mol. The van der Waals surface area contributed by atoms with Crippen LogP contribution in [0.3, 0.4) is 0 Å². The first-order valence-corrected chi connectivity index (χ1v) is 12.5. The van der Waals surface area contributed by atoms with Crippen LogP contribution >= 0.6 is 0 Å². The summed E-state index contributed by atoms with van der Waals surface area (Å²) in [6, 6.07) is 19.5. The highest BCUT2D eigenvalue weighted by Crippen LogP contribution is 2.32. The van der Waals surface area contributed by atoms with E-state index in [1.807, 2.05) is 74.9 Å². The van der Waals surface area contributed by atoms with Crippen molar-refractivity contribution < 1.29 is 4.79 Å². The van der Waals surface area contributed by atoms with Gasteiger partial charge in [-0.1, -0.05) is 54.6 Å². The van der Waals surface area contributed by atoms with Crippen LogP contribution in [0.15, 0.2) is 85.5 Å². The van der Waals surface area contributed by atoms with Gasteiger partial charge in [0.25, 0.3) is 5.91 Å². The molecular weight excluding hydrogens is 488 g/mol. The Morgan fingerprint density at radius 1 is 1.08 bits per heavy atom. The van der Waals surface area contributed by atoms with Crippen LogP contribution in [0.5, 0.6) is 0 Å². The molecule has 3 N–H and O–H groups in total. The Bertz CT molecular complexity index is 1850. The number of nitrogens with one attached hydrogen (secondary N) is 1. The number of hydrogen-bond acceptors (Lipinski definition) is 6. The van der Waals surface area contributed by atoms with Crippen molar-refractivity contribution >= 4 is 40.4 Å². The van der Waals surface area contributed by atoms with Crippen molar-refractivity contribution in [1.29, 1.82) is 0 Å². The van der Waals surface area contributed by atoms with E-state index in [2.05, 4.69) is 38.7 Å². The molecule has 0 aliphatic carbocycles. The maximum atomic E-state index is 13.4. The fraction of sp³-hybridized carbons (Fsp3) is 0.100. The zero-order chi connectivity index (χ0) is 26.9.